The molecule has 3 rings (SSSR count). The average molecular weight is 534 g/mol. The number of ether oxygens (including phenoxy) is 1. The number of carbonyl (C=O) groups excluding carboxylic acids is 1. The third kappa shape index (κ3) is 5.81. The molecular formula is C19H25ClIN5O3. The van der Waals surface area contributed by atoms with E-state index in [4.69, 9.17) is 20.9 Å². The first-order valence-electron chi connectivity index (χ1n) is 9.21. The molecule has 1 aromatic carbocycles. The number of likely N-dealkylation sites (tertiary alicyclic amines) is 1. The first-order valence-corrected chi connectivity index (χ1v) is 9.59. The summed E-state index contributed by atoms with van der Waals surface area (Å²) >= 11 is 6.01. The first-order chi connectivity index (χ1) is 13.5. The zero-order chi connectivity index (χ0) is 20.1. The van der Waals surface area contributed by atoms with Crippen molar-refractivity contribution < 1.29 is 14.1 Å². The molecule has 1 fully saturated rings. The van der Waals surface area contributed by atoms with E-state index in [0.29, 0.717) is 35.8 Å². The normalized spacial score (nSPS) is 19.0. The van der Waals surface area contributed by atoms with Crippen molar-refractivity contribution >= 4 is 47.5 Å². The van der Waals surface area contributed by atoms with Gasteiger partial charge in [0, 0.05) is 30.2 Å². The van der Waals surface area contributed by atoms with Gasteiger partial charge in [-0.15, -0.1) is 24.0 Å². The van der Waals surface area contributed by atoms with Crippen LogP contribution in [-0.2, 0) is 16.1 Å². The van der Waals surface area contributed by atoms with Crippen LogP contribution in [0.2, 0.25) is 5.02 Å². The van der Waals surface area contributed by atoms with Crippen LogP contribution >= 0.6 is 35.6 Å². The lowest BCUT2D eigenvalue weighted by atomic mass is 9.99. The van der Waals surface area contributed by atoms with E-state index in [2.05, 4.69) is 25.3 Å². The molecule has 1 aliphatic rings. The standard InChI is InChI=1S/C19H24ClN5O3.HI/c1-4-21-19(25-10-12(2)15(11-25)18(26)27-3)22-9-16-23-17(24-28-16)13-6-5-7-14(20)8-13;/h5-8,12,15H,4,9-11H2,1-3H3,(H,21,22);1H. The number of guanidine groups is 1. The maximum absolute atomic E-state index is 11.9. The number of hydrogen-bond acceptors (Lipinski definition) is 6. The number of aromatic nitrogens is 2. The summed E-state index contributed by atoms with van der Waals surface area (Å²) in [6.45, 7) is 6.28. The van der Waals surface area contributed by atoms with Crippen LogP contribution < -0.4 is 5.32 Å². The summed E-state index contributed by atoms with van der Waals surface area (Å²) < 4.78 is 10.2. The van der Waals surface area contributed by atoms with Gasteiger partial charge in [0.2, 0.25) is 11.7 Å². The van der Waals surface area contributed by atoms with Crippen molar-refractivity contribution in [3.05, 3.63) is 35.2 Å². The number of aliphatic imine (C=N–C) groups is 1. The minimum absolute atomic E-state index is 0. The van der Waals surface area contributed by atoms with Gasteiger partial charge in [-0.3, -0.25) is 4.79 Å². The maximum atomic E-state index is 11.9. The second-order valence-electron chi connectivity index (χ2n) is 6.70. The van der Waals surface area contributed by atoms with E-state index in [1.807, 2.05) is 26.0 Å². The topological polar surface area (TPSA) is 92.9 Å². The largest absolute Gasteiger partial charge is 0.469 e. The van der Waals surface area contributed by atoms with Crippen molar-refractivity contribution in [1.29, 1.82) is 0 Å². The minimum atomic E-state index is -0.186. The lowest BCUT2D eigenvalue weighted by molar-refractivity contribution is -0.145. The number of nitrogens with one attached hydrogen (secondary N) is 1. The molecule has 2 aromatic rings. The number of carbonyl (C=O) groups is 1. The molecule has 2 atom stereocenters. The summed E-state index contributed by atoms with van der Waals surface area (Å²) in [5.41, 5.74) is 0.785. The van der Waals surface area contributed by atoms with Gasteiger partial charge in [-0.25, -0.2) is 4.99 Å². The van der Waals surface area contributed by atoms with Crippen LogP contribution in [0.1, 0.15) is 19.7 Å². The zero-order valence-electron chi connectivity index (χ0n) is 16.6. The summed E-state index contributed by atoms with van der Waals surface area (Å²) in [4.78, 5) is 23.0. The SMILES string of the molecule is CCNC(=NCc1nc(-c2cccc(Cl)c2)no1)N1CC(C)C(C(=O)OC)C1.I. The third-order valence-electron chi connectivity index (χ3n) is 4.67. The number of rotatable bonds is 5. The Kier molecular flexibility index (Phi) is 8.69. The Morgan fingerprint density at radius 2 is 2.24 bits per heavy atom. The second kappa shape index (κ2) is 10.8. The molecule has 1 saturated heterocycles. The van der Waals surface area contributed by atoms with Gasteiger partial charge in [-0.1, -0.05) is 35.8 Å². The van der Waals surface area contributed by atoms with E-state index >= 15 is 0 Å². The van der Waals surface area contributed by atoms with E-state index in [1.54, 1.807) is 12.1 Å². The fourth-order valence-electron chi connectivity index (χ4n) is 3.23. The monoisotopic (exact) mass is 533 g/mol. The third-order valence-corrected chi connectivity index (χ3v) is 4.90. The van der Waals surface area contributed by atoms with Crippen molar-refractivity contribution in [2.45, 2.75) is 20.4 Å². The number of halogens is 2. The Balaban J connectivity index is 0.00000300. The Bertz CT molecular complexity index is 860. The molecule has 8 nitrogen and oxygen atoms in total. The smallest absolute Gasteiger partial charge is 0.310 e. The predicted octanol–water partition coefficient (Wildman–Crippen LogP) is 3.21. The number of nitrogens with zero attached hydrogens (tertiary/aromatic N) is 4. The van der Waals surface area contributed by atoms with Gasteiger partial charge in [0.05, 0.1) is 13.0 Å². The summed E-state index contributed by atoms with van der Waals surface area (Å²) in [7, 11) is 1.42. The summed E-state index contributed by atoms with van der Waals surface area (Å²) in [6, 6.07) is 7.27. The predicted molar refractivity (Wildman–Crippen MR) is 121 cm³/mol. The van der Waals surface area contributed by atoms with E-state index in [1.165, 1.54) is 7.11 Å². The van der Waals surface area contributed by atoms with E-state index in [0.717, 1.165) is 12.1 Å². The molecule has 0 spiro atoms. The van der Waals surface area contributed by atoms with Gasteiger partial charge in [-0.05, 0) is 25.0 Å². The van der Waals surface area contributed by atoms with Crippen LogP contribution in [-0.4, -0.2) is 53.7 Å². The van der Waals surface area contributed by atoms with Crippen LogP contribution in [0.3, 0.4) is 0 Å². The molecule has 1 aromatic heterocycles. The quantitative estimate of drug-likeness (QED) is 0.273. The second-order valence-corrected chi connectivity index (χ2v) is 7.14. The molecule has 2 unspecified atom stereocenters. The van der Waals surface area contributed by atoms with Crippen molar-refractivity contribution in [3.8, 4) is 11.4 Å². The molecule has 0 amide bonds. The minimum Gasteiger partial charge on any atom is -0.469 e. The Labute approximate surface area is 192 Å². The van der Waals surface area contributed by atoms with Crippen LogP contribution in [0.4, 0.5) is 0 Å². The summed E-state index contributed by atoms with van der Waals surface area (Å²) in [6.07, 6.45) is 0. The lowest BCUT2D eigenvalue weighted by Crippen LogP contribution is -2.40. The number of methoxy groups -OCH3 is 1. The van der Waals surface area contributed by atoms with Gasteiger partial charge in [0.15, 0.2) is 5.96 Å². The Hall–Kier alpha value is -1.88. The Morgan fingerprint density at radius 3 is 2.93 bits per heavy atom. The fraction of sp³-hybridized carbons (Fsp3) is 0.474. The van der Waals surface area contributed by atoms with Crippen molar-refractivity contribution in [2.24, 2.45) is 16.8 Å². The molecule has 29 heavy (non-hydrogen) atoms. The van der Waals surface area contributed by atoms with Gasteiger partial charge in [0.1, 0.15) is 6.54 Å². The molecule has 1 aliphatic heterocycles. The summed E-state index contributed by atoms with van der Waals surface area (Å²) in [5.74, 6) is 1.43. The van der Waals surface area contributed by atoms with Crippen LogP contribution in [0.5, 0.6) is 0 Å². The molecule has 2 heterocycles. The van der Waals surface area contributed by atoms with E-state index < -0.39 is 0 Å². The lowest BCUT2D eigenvalue weighted by Gasteiger charge is -2.21. The van der Waals surface area contributed by atoms with E-state index in [9.17, 15) is 4.79 Å². The number of esters is 1. The molecule has 0 aliphatic carbocycles. The highest BCUT2D eigenvalue weighted by Crippen LogP contribution is 2.24. The molecule has 10 heteroatoms. The van der Waals surface area contributed by atoms with Crippen LogP contribution in [0.25, 0.3) is 11.4 Å². The van der Waals surface area contributed by atoms with Crippen molar-refractivity contribution in [3.63, 3.8) is 0 Å². The number of hydrogen-bond donors (Lipinski definition) is 1. The average Bonchev–Trinajstić information content (AvgIpc) is 3.31. The van der Waals surface area contributed by atoms with E-state index in [-0.39, 0.29) is 48.3 Å². The van der Waals surface area contributed by atoms with Crippen LogP contribution in [0, 0.1) is 11.8 Å². The van der Waals surface area contributed by atoms with Gasteiger partial charge >= 0.3 is 5.97 Å². The van der Waals surface area contributed by atoms with Crippen molar-refractivity contribution in [2.75, 3.05) is 26.7 Å². The zero-order valence-corrected chi connectivity index (χ0v) is 19.7. The van der Waals surface area contributed by atoms with Crippen molar-refractivity contribution in [1.82, 2.24) is 20.4 Å². The Morgan fingerprint density at radius 1 is 1.45 bits per heavy atom. The van der Waals surface area contributed by atoms with Gasteiger partial charge in [-0.2, -0.15) is 4.98 Å². The number of benzene rings is 1. The highest BCUT2D eigenvalue weighted by Gasteiger charge is 2.36. The van der Waals surface area contributed by atoms with Crippen LogP contribution in [0.15, 0.2) is 33.8 Å². The molecule has 0 saturated carbocycles. The molecule has 0 bridgehead atoms. The fourth-order valence-corrected chi connectivity index (χ4v) is 3.42. The maximum Gasteiger partial charge on any atom is 0.310 e. The molecule has 158 valence electrons. The molecular weight excluding hydrogens is 509 g/mol. The molecule has 1 N–H and O–H groups in total. The van der Waals surface area contributed by atoms with Gasteiger partial charge in [0.25, 0.3) is 0 Å². The highest BCUT2D eigenvalue weighted by molar-refractivity contribution is 14.0. The summed E-state index contributed by atoms with van der Waals surface area (Å²) in [5, 5.41) is 7.86. The molecule has 0 radical (unpaired) electrons. The highest BCUT2D eigenvalue weighted by atomic mass is 127. The van der Waals surface area contributed by atoms with Gasteiger partial charge < -0.3 is 19.5 Å². The first kappa shape index (κ1) is 23.4.